The van der Waals surface area contributed by atoms with Crippen LogP contribution in [0.15, 0.2) is 49.1 Å². The van der Waals surface area contributed by atoms with E-state index in [1.807, 2.05) is 0 Å². The van der Waals surface area contributed by atoms with Crippen LogP contribution in [-0.2, 0) is 4.79 Å². The van der Waals surface area contributed by atoms with Gasteiger partial charge < -0.3 is 19.4 Å². The lowest BCUT2D eigenvalue weighted by molar-refractivity contribution is -0.134. The third kappa shape index (κ3) is 3.33. The number of benzene rings is 1. The number of nitrogens with zero attached hydrogens (tertiary/aromatic N) is 5. The van der Waals surface area contributed by atoms with Crippen molar-refractivity contribution in [1.82, 2.24) is 29.9 Å². The largest absolute Gasteiger partial charge is 0.497 e. The highest BCUT2D eigenvalue weighted by atomic mass is 19.1. The van der Waals surface area contributed by atoms with Gasteiger partial charge in [0, 0.05) is 6.20 Å². The molecule has 0 aliphatic carbocycles. The van der Waals surface area contributed by atoms with E-state index in [0.29, 0.717) is 11.5 Å². The molecule has 1 amide bonds. The fraction of sp³-hybridized carbons (Fsp3) is 0.190. The van der Waals surface area contributed by atoms with Gasteiger partial charge in [-0.15, -0.1) is 5.10 Å². The van der Waals surface area contributed by atoms with Gasteiger partial charge in [0.1, 0.15) is 17.6 Å². The first-order chi connectivity index (χ1) is 15.5. The number of pyridine rings is 1. The monoisotopic (exact) mass is 436 g/mol. The molecular weight excluding hydrogens is 419 g/mol. The molecule has 1 N–H and O–H groups in total. The smallest absolute Gasteiger partial charge is 0.295 e. The van der Waals surface area contributed by atoms with E-state index in [-0.39, 0.29) is 41.5 Å². The number of hydrogen-bond acceptors (Lipinski definition) is 7. The first-order valence-electron chi connectivity index (χ1n) is 9.71. The number of likely N-dealkylation sites (tertiary alicyclic amines) is 1. The van der Waals surface area contributed by atoms with Crippen LogP contribution in [-0.4, -0.2) is 67.9 Å². The van der Waals surface area contributed by atoms with Gasteiger partial charge >= 0.3 is 0 Å². The van der Waals surface area contributed by atoms with Crippen molar-refractivity contribution in [2.24, 2.45) is 0 Å². The summed E-state index contributed by atoms with van der Waals surface area (Å²) in [6.07, 6.45) is 5.04. The summed E-state index contributed by atoms with van der Waals surface area (Å²) in [5.41, 5.74) is 0.182. The molecular formula is C21H17FN6O4. The Kier molecular flexibility index (Phi) is 4.77. The fourth-order valence-electron chi connectivity index (χ4n) is 3.55. The Hall–Kier alpha value is -4.28. The van der Waals surface area contributed by atoms with Crippen LogP contribution in [0.5, 0.6) is 11.5 Å². The highest BCUT2D eigenvalue weighted by Crippen LogP contribution is 2.27. The topological polar surface area (TPSA) is 115 Å². The molecule has 0 spiro atoms. The SMILES string of the molecule is COc1ccc(OC2CN(C(=O)C(=O)c3c[nH]c4c(-n5ccnn5)ncc(F)c34)C2)cc1. The Balaban J connectivity index is 1.30. The number of H-pyrrole nitrogens is 1. The van der Waals surface area contributed by atoms with Crippen molar-refractivity contribution in [2.75, 3.05) is 20.2 Å². The van der Waals surface area contributed by atoms with Crippen molar-refractivity contribution in [3.8, 4) is 17.3 Å². The van der Waals surface area contributed by atoms with E-state index < -0.39 is 17.5 Å². The number of halogens is 1. The quantitative estimate of drug-likeness (QED) is 0.362. The minimum absolute atomic E-state index is 0.0181. The average molecular weight is 436 g/mol. The van der Waals surface area contributed by atoms with Crippen molar-refractivity contribution in [2.45, 2.75) is 6.10 Å². The van der Waals surface area contributed by atoms with E-state index >= 15 is 0 Å². The maximum Gasteiger partial charge on any atom is 0.295 e. The summed E-state index contributed by atoms with van der Waals surface area (Å²) in [5, 5.41) is 7.53. The third-order valence-corrected chi connectivity index (χ3v) is 5.22. The highest BCUT2D eigenvalue weighted by molar-refractivity contribution is 6.45. The molecule has 1 aromatic carbocycles. The van der Waals surface area contributed by atoms with E-state index in [1.165, 1.54) is 28.2 Å². The van der Waals surface area contributed by atoms with Gasteiger partial charge in [-0.05, 0) is 24.3 Å². The van der Waals surface area contributed by atoms with Crippen LogP contribution in [0.3, 0.4) is 0 Å². The van der Waals surface area contributed by atoms with Crippen molar-refractivity contribution >= 4 is 22.6 Å². The molecule has 10 nitrogen and oxygen atoms in total. The number of aromatic amines is 1. The minimum atomic E-state index is -0.811. The summed E-state index contributed by atoms with van der Waals surface area (Å²) in [4.78, 5) is 33.8. The van der Waals surface area contributed by atoms with Crippen LogP contribution < -0.4 is 9.47 Å². The minimum Gasteiger partial charge on any atom is -0.497 e. The lowest BCUT2D eigenvalue weighted by Crippen LogP contribution is -2.57. The van der Waals surface area contributed by atoms with E-state index in [9.17, 15) is 14.0 Å². The number of carbonyl (C=O) groups excluding carboxylic acids is 2. The number of carbonyl (C=O) groups is 2. The Bertz CT molecular complexity index is 1300. The Morgan fingerprint density at radius 1 is 1.19 bits per heavy atom. The molecule has 11 heteroatoms. The van der Waals surface area contributed by atoms with Gasteiger partial charge in [-0.25, -0.2) is 14.1 Å². The summed E-state index contributed by atoms with van der Waals surface area (Å²) < 4.78 is 26.8. The predicted molar refractivity (Wildman–Crippen MR) is 109 cm³/mol. The number of ether oxygens (including phenoxy) is 2. The zero-order valence-corrected chi connectivity index (χ0v) is 16.9. The Morgan fingerprint density at radius 3 is 2.62 bits per heavy atom. The zero-order chi connectivity index (χ0) is 22.2. The second-order valence-corrected chi connectivity index (χ2v) is 7.18. The molecule has 0 saturated carbocycles. The molecule has 162 valence electrons. The van der Waals surface area contributed by atoms with Gasteiger partial charge in [-0.1, -0.05) is 5.21 Å². The van der Waals surface area contributed by atoms with Gasteiger partial charge in [0.05, 0.1) is 55.3 Å². The third-order valence-electron chi connectivity index (χ3n) is 5.22. The van der Waals surface area contributed by atoms with Crippen LogP contribution in [0.4, 0.5) is 4.39 Å². The van der Waals surface area contributed by atoms with Crippen molar-refractivity contribution in [1.29, 1.82) is 0 Å². The molecule has 0 radical (unpaired) electrons. The summed E-state index contributed by atoms with van der Waals surface area (Å²) in [7, 11) is 1.58. The summed E-state index contributed by atoms with van der Waals surface area (Å²) in [5.74, 6) is -0.636. The number of fused-ring (bicyclic) bond motifs is 1. The number of aromatic nitrogens is 5. The second kappa shape index (κ2) is 7.76. The Morgan fingerprint density at radius 2 is 1.94 bits per heavy atom. The molecule has 5 rings (SSSR count). The number of ketones is 1. The average Bonchev–Trinajstić information content (AvgIpc) is 3.47. The maximum absolute atomic E-state index is 14.5. The molecule has 0 bridgehead atoms. The first kappa shape index (κ1) is 19.7. The molecule has 4 heterocycles. The van der Waals surface area contributed by atoms with Crippen LogP contribution >= 0.6 is 0 Å². The van der Waals surface area contributed by atoms with Gasteiger partial charge in [-0.2, -0.15) is 0 Å². The standard InChI is InChI=1S/C21H17FN6O4/c1-31-12-2-4-13(5-3-12)32-14-10-27(11-14)21(30)19(29)15-8-23-18-17(15)16(22)9-24-20(18)28-7-6-25-26-28/h2-9,14,23H,10-11H2,1H3. The first-order valence-corrected chi connectivity index (χ1v) is 9.71. The maximum atomic E-state index is 14.5. The van der Waals surface area contributed by atoms with E-state index in [2.05, 4.69) is 20.3 Å². The Labute approximate surface area is 180 Å². The summed E-state index contributed by atoms with van der Waals surface area (Å²) in [6, 6.07) is 7.08. The number of methoxy groups -OCH3 is 1. The molecule has 32 heavy (non-hydrogen) atoms. The number of hydrogen-bond donors (Lipinski definition) is 1. The normalized spacial score (nSPS) is 13.8. The zero-order valence-electron chi connectivity index (χ0n) is 16.9. The van der Waals surface area contributed by atoms with Gasteiger partial charge in [-0.3, -0.25) is 9.59 Å². The molecule has 1 aliphatic rings. The second-order valence-electron chi connectivity index (χ2n) is 7.18. The fourth-order valence-corrected chi connectivity index (χ4v) is 3.55. The summed E-state index contributed by atoms with van der Waals surface area (Å²) in [6.45, 7) is 0.514. The number of amides is 1. The van der Waals surface area contributed by atoms with Crippen molar-refractivity contribution in [3.63, 3.8) is 0 Å². The molecule has 1 aliphatic heterocycles. The van der Waals surface area contributed by atoms with Crippen LogP contribution in [0, 0.1) is 5.82 Å². The van der Waals surface area contributed by atoms with Crippen molar-refractivity contribution in [3.05, 3.63) is 60.4 Å². The lowest BCUT2D eigenvalue weighted by Gasteiger charge is -2.38. The van der Waals surface area contributed by atoms with Gasteiger partial charge in [0.15, 0.2) is 11.6 Å². The van der Waals surface area contributed by atoms with E-state index in [1.54, 1.807) is 31.4 Å². The van der Waals surface area contributed by atoms with E-state index in [4.69, 9.17) is 9.47 Å². The molecule has 3 aromatic heterocycles. The van der Waals surface area contributed by atoms with Crippen LogP contribution in [0.1, 0.15) is 10.4 Å². The summed E-state index contributed by atoms with van der Waals surface area (Å²) >= 11 is 0. The van der Waals surface area contributed by atoms with Crippen LogP contribution in [0.2, 0.25) is 0 Å². The molecule has 0 atom stereocenters. The molecule has 0 unspecified atom stereocenters. The van der Waals surface area contributed by atoms with Gasteiger partial charge in [0.25, 0.3) is 11.7 Å². The number of Topliss-reactive ketones (excluding diaryl/α,β-unsaturated/α-hetero) is 1. The van der Waals surface area contributed by atoms with E-state index in [0.717, 1.165) is 6.20 Å². The van der Waals surface area contributed by atoms with Crippen LogP contribution in [0.25, 0.3) is 16.7 Å². The number of rotatable bonds is 6. The lowest BCUT2D eigenvalue weighted by atomic mass is 10.1. The highest BCUT2D eigenvalue weighted by Gasteiger charge is 2.37. The molecule has 1 fully saturated rings. The predicted octanol–water partition coefficient (Wildman–Crippen LogP) is 1.76. The molecule has 1 saturated heterocycles. The number of nitrogens with one attached hydrogen (secondary N) is 1. The van der Waals surface area contributed by atoms with Crippen molar-refractivity contribution < 1.29 is 23.5 Å². The molecule has 4 aromatic rings. The van der Waals surface area contributed by atoms with Gasteiger partial charge in [0.2, 0.25) is 0 Å².